The Balaban J connectivity index is 1.24. The molecular weight excluding hydrogens is 466 g/mol. The number of piperidine rings is 1. The molecule has 1 fully saturated rings. The second-order valence-corrected chi connectivity index (χ2v) is 9.45. The number of carbonyl (C=O) groups excluding carboxylic acids is 3. The number of nitrogens with one attached hydrogen (secondary N) is 1. The van der Waals surface area contributed by atoms with E-state index in [-0.39, 0.29) is 24.3 Å². The lowest BCUT2D eigenvalue weighted by Gasteiger charge is -2.31. The van der Waals surface area contributed by atoms with Gasteiger partial charge >= 0.3 is 5.97 Å². The number of nitrogens with zero attached hydrogens (tertiary/aromatic N) is 2. The molecule has 0 atom stereocenters. The summed E-state index contributed by atoms with van der Waals surface area (Å²) in [6.45, 7) is 6.69. The number of benzene rings is 2. The van der Waals surface area contributed by atoms with Crippen LogP contribution in [0.2, 0.25) is 0 Å². The fourth-order valence-electron chi connectivity index (χ4n) is 4.63. The van der Waals surface area contributed by atoms with Crippen LogP contribution in [0.5, 0.6) is 0 Å². The van der Waals surface area contributed by atoms with E-state index < -0.39 is 5.97 Å². The number of rotatable bonds is 7. The molecule has 2 aromatic carbocycles. The zero-order valence-corrected chi connectivity index (χ0v) is 21.6. The molecule has 2 heterocycles. The highest BCUT2D eigenvalue weighted by molar-refractivity contribution is 5.93. The fourth-order valence-corrected chi connectivity index (χ4v) is 4.63. The first-order chi connectivity index (χ1) is 17.8. The zero-order valence-electron chi connectivity index (χ0n) is 21.6. The van der Waals surface area contributed by atoms with Gasteiger partial charge in [0.15, 0.2) is 6.61 Å². The van der Waals surface area contributed by atoms with E-state index in [9.17, 15) is 14.4 Å². The summed E-state index contributed by atoms with van der Waals surface area (Å²) in [4.78, 5) is 39.0. The number of amides is 2. The van der Waals surface area contributed by atoms with Crippen LogP contribution in [0, 0.1) is 26.7 Å². The first-order valence-corrected chi connectivity index (χ1v) is 12.6. The van der Waals surface area contributed by atoms with Crippen molar-refractivity contribution in [1.82, 2.24) is 9.47 Å². The van der Waals surface area contributed by atoms with Crippen molar-refractivity contribution in [3.05, 3.63) is 89.3 Å². The van der Waals surface area contributed by atoms with Gasteiger partial charge in [0.05, 0.1) is 0 Å². The first kappa shape index (κ1) is 25.9. The van der Waals surface area contributed by atoms with Crippen molar-refractivity contribution in [3.63, 3.8) is 0 Å². The van der Waals surface area contributed by atoms with Gasteiger partial charge in [0.1, 0.15) is 0 Å². The number of likely N-dealkylation sites (tertiary alicyclic amines) is 1. The Bertz CT molecular complexity index is 1280. The molecule has 1 aliphatic heterocycles. The molecule has 0 unspecified atom stereocenters. The second kappa shape index (κ2) is 11.7. The average molecular weight is 500 g/mol. The van der Waals surface area contributed by atoms with E-state index in [1.165, 1.54) is 11.6 Å². The maximum Gasteiger partial charge on any atom is 0.331 e. The summed E-state index contributed by atoms with van der Waals surface area (Å²) in [5.41, 5.74) is 6.02. The van der Waals surface area contributed by atoms with Gasteiger partial charge < -0.3 is 19.5 Å². The van der Waals surface area contributed by atoms with E-state index in [4.69, 9.17) is 4.74 Å². The van der Waals surface area contributed by atoms with Crippen molar-refractivity contribution >= 4 is 29.5 Å². The minimum atomic E-state index is -0.564. The van der Waals surface area contributed by atoms with Gasteiger partial charge in [0.25, 0.3) is 5.91 Å². The highest BCUT2D eigenvalue weighted by atomic mass is 16.5. The third kappa shape index (κ3) is 6.55. The van der Waals surface area contributed by atoms with Gasteiger partial charge in [-0.05, 0) is 75.6 Å². The van der Waals surface area contributed by atoms with Crippen molar-refractivity contribution in [2.75, 3.05) is 25.0 Å². The number of esters is 1. The molecule has 2 amide bonds. The minimum Gasteiger partial charge on any atom is -0.452 e. The molecule has 4 rings (SSSR count). The summed E-state index contributed by atoms with van der Waals surface area (Å²) < 4.78 is 7.34. The molecule has 192 valence electrons. The first-order valence-electron chi connectivity index (χ1n) is 12.6. The number of hydrogen-bond donors (Lipinski definition) is 1. The summed E-state index contributed by atoms with van der Waals surface area (Å²) in [6, 6.07) is 19.6. The molecule has 7 heteroatoms. The van der Waals surface area contributed by atoms with Crippen LogP contribution in [0.15, 0.2) is 66.7 Å². The molecule has 0 radical (unpaired) electrons. The molecule has 1 saturated heterocycles. The summed E-state index contributed by atoms with van der Waals surface area (Å²) in [5.74, 6) is -0.989. The summed E-state index contributed by atoms with van der Waals surface area (Å²) in [5, 5.41) is 2.92. The second-order valence-electron chi connectivity index (χ2n) is 9.45. The Kier molecular flexibility index (Phi) is 8.23. The Morgan fingerprint density at radius 1 is 0.973 bits per heavy atom. The predicted molar refractivity (Wildman–Crippen MR) is 144 cm³/mol. The van der Waals surface area contributed by atoms with E-state index in [0.29, 0.717) is 25.9 Å². The topological polar surface area (TPSA) is 80.6 Å². The lowest BCUT2D eigenvalue weighted by molar-refractivity contribution is -0.149. The molecular formula is C30H33N3O4. The van der Waals surface area contributed by atoms with Crippen LogP contribution in [0.3, 0.4) is 0 Å². The Labute approximate surface area is 217 Å². The number of aryl methyl sites for hydroxylation is 2. The maximum atomic E-state index is 12.5. The predicted octanol–water partition coefficient (Wildman–Crippen LogP) is 4.84. The van der Waals surface area contributed by atoms with Gasteiger partial charge in [0, 0.05) is 47.8 Å². The molecule has 37 heavy (non-hydrogen) atoms. The third-order valence-corrected chi connectivity index (χ3v) is 6.76. The van der Waals surface area contributed by atoms with E-state index in [0.717, 1.165) is 28.3 Å². The summed E-state index contributed by atoms with van der Waals surface area (Å²) in [6.07, 6.45) is 4.23. The van der Waals surface area contributed by atoms with Crippen LogP contribution < -0.4 is 5.32 Å². The standard InChI is InChI=1S/C30H33N3O4/c1-21-9-12-27(13-10-21)33-22(2)19-25(23(33)3)11-14-29(35)37-20-28(34)32-17-15-24(16-18-32)30(36)31-26-7-5-4-6-8-26/h4-14,19,24H,15-18,20H2,1-3H3,(H,31,36)/b14-11+. The smallest absolute Gasteiger partial charge is 0.331 e. The highest BCUT2D eigenvalue weighted by Crippen LogP contribution is 2.23. The van der Waals surface area contributed by atoms with E-state index in [1.807, 2.05) is 50.2 Å². The van der Waals surface area contributed by atoms with Gasteiger partial charge in [-0.15, -0.1) is 0 Å². The molecule has 7 nitrogen and oxygen atoms in total. The lowest BCUT2D eigenvalue weighted by Crippen LogP contribution is -2.43. The average Bonchev–Trinajstić information content (AvgIpc) is 3.19. The number of anilines is 1. The van der Waals surface area contributed by atoms with E-state index in [1.54, 1.807) is 11.0 Å². The molecule has 0 saturated carbocycles. The van der Waals surface area contributed by atoms with Crippen molar-refractivity contribution in [1.29, 1.82) is 0 Å². The Hall–Kier alpha value is -4.13. The SMILES string of the molecule is Cc1ccc(-n2c(C)cc(/C=C/C(=O)OCC(=O)N3CCC(C(=O)Nc4ccccc4)CC3)c2C)cc1. The third-order valence-electron chi connectivity index (χ3n) is 6.76. The van der Waals surface area contributed by atoms with Gasteiger partial charge in [-0.25, -0.2) is 4.79 Å². The molecule has 1 aliphatic rings. The van der Waals surface area contributed by atoms with Crippen molar-refractivity contribution < 1.29 is 19.1 Å². The zero-order chi connectivity index (χ0) is 26.4. The van der Waals surface area contributed by atoms with Crippen LogP contribution >= 0.6 is 0 Å². The highest BCUT2D eigenvalue weighted by Gasteiger charge is 2.27. The van der Waals surface area contributed by atoms with Gasteiger partial charge in [-0.3, -0.25) is 9.59 Å². The molecule has 0 spiro atoms. The molecule has 0 aliphatic carbocycles. The Morgan fingerprint density at radius 3 is 2.32 bits per heavy atom. The van der Waals surface area contributed by atoms with Crippen LogP contribution in [-0.2, 0) is 19.1 Å². The Morgan fingerprint density at radius 2 is 1.65 bits per heavy atom. The number of aromatic nitrogens is 1. The number of hydrogen-bond acceptors (Lipinski definition) is 4. The van der Waals surface area contributed by atoms with Crippen LogP contribution in [0.25, 0.3) is 11.8 Å². The summed E-state index contributed by atoms with van der Waals surface area (Å²) >= 11 is 0. The number of ether oxygens (including phenoxy) is 1. The monoisotopic (exact) mass is 499 g/mol. The minimum absolute atomic E-state index is 0.0309. The molecule has 3 aromatic rings. The van der Waals surface area contributed by atoms with Crippen LogP contribution in [0.4, 0.5) is 5.69 Å². The lowest BCUT2D eigenvalue weighted by atomic mass is 9.95. The summed E-state index contributed by atoms with van der Waals surface area (Å²) in [7, 11) is 0. The quantitative estimate of drug-likeness (QED) is 0.373. The van der Waals surface area contributed by atoms with Crippen molar-refractivity contribution in [2.24, 2.45) is 5.92 Å². The fraction of sp³-hybridized carbons (Fsp3) is 0.300. The van der Waals surface area contributed by atoms with E-state index in [2.05, 4.69) is 41.1 Å². The number of para-hydroxylation sites is 1. The molecule has 1 aromatic heterocycles. The van der Waals surface area contributed by atoms with Gasteiger partial charge in [-0.1, -0.05) is 35.9 Å². The van der Waals surface area contributed by atoms with Gasteiger partial charge in [0.2, 0.25) is 5.91 Å². The van der Waals surface area contributed by atoms with Crippen LogP contribution in [-0.4, -0.2) is 46.9 Å². The van der Waals surface area contributed by atoms with Crippen molar-refractivity contribution in [2.45, 2.75) is 33.6 Å². The molecule has 1 N–H and O–H groups in total. The number of carbonyl (C=O) groups is 3. The van der Waals surface area contributed by atoms with Crippen molar-refractivity contribution in [3.8, 4) is 5.69 Å². The van der Waals surface area contributed by atoms with Gasteiger partial charge in [-0.2, -0.15) is 0 Å². The van der Waals surface area contributed by atoms with Crippen LogP contribution in [0.1, 0.15) is 35.4 Å². The normalized spacial score (nSPS) is 14.1. The van der Waals surface area contributed by atoms with E-state index >= 15 is 0 Å². The maximum absolute atomic E-state index is 12.5. The largest absolute Gasteiger partial charge is 0.452 e. The molecule has 0 bridgehead atoms.